The molecule has 0 unspecified atom stereocenters. The first-order valence-electron chi connectivity index (χ1n) is 11.5. The van der Waals surface area contributed by atoms with Gasteiger partial charge in [0.1, 0.15) is 0 Å². The quantitative estimate of drug-likeness (QED) is 0.312. The largest absolute Gasteiger partial charge is 0.385 e. The van der Waals surface area contributed by atoms with Crippen LogP contribution in [0.25, 0.3) is 34.4 Å². The molecule has 0 aliphatic carbocycles. The Bertz CT molecular complexity index is 1360. The molecule has 6 heteroatoms. The SMILES string of the molecule is COCCCc1cc(C=Cc2cc(-c3cncn3C)nc3cc(C)c(CCC#N)cc23)ccn1. The Labute approximate surface area is 200 Å². The van der Waals surface area contributed by atoms with Crippen molar-refractivity contribution in [2.24, 2.45) is 7.05 Å². The highest BCUT2D eigenvalue weighted by molar-refractivity contribution is 5.93. The second kappa shape index (κ2) is 10.9. The predicted molar refractivity (Wildman–Crippen MR) is 136 cm³/mol. The van der Waals surface area contributed by atoms with Gasteiger partial charge in [-0.2, -0.15) is 5.26 Å². The normalized spacial score (nSPS) is 11.4. The van der Waals surface area contributed by atoms with Gasteiger partial charge in [0.05, 0.1) is 35.5 Å². The number of fused-ring (bicyclic) bond motifs is 1. The van der Waals surface area contributed by atoms with Crippen LogP contribution in [0, 0.1) is 18.3 Å². The number of hydrogen-bond acceptors (Lipinski definition) is 5. The first-order chi connectivity index (χ1) is 16.6. The minimum atomic E-state index is 0.501. The minimum absolute atomic E-state index is 0.501. The highest BCUT2D eigenvalue weighted by Crippen LogP contribution is 2.29. The maximum absolute atomic E-state index is 9.06. The van der Waals surface area contributed by atoms with Crippen molar-refractivity contribution in [1.82, 2.24) is 19.5 Å². The first-order valence-corrected chi connectivity index (χ1v) is 11.5. The van der Waals surface area contributed by atoms with Gasteiger partial charge in [-0.25, -0.2) is 9.97 Å². The number of ether oxygens (including phenoxy) is 1. The van der Waals surface area contributed by atoms with Crippen LogP contribution in [0.5, 0.6) is 0 Å². The van der Waals surface area contributed by atoms with Crippen LogP contribution >= 0.6 is 0 Å². The van der Waals surface area contributed by atoms with E-state index in [9.17, 15) is 0 Å². The summed E-state index contributed by atoms with van der Waals surface area (Å²) in [5.74, 6) is 0. The van der Waals surface area contributed by atoms with Crippen molar-refractivity contribution in [1.29, 1.82) is 5.26 Å². The van der Waals surface area contributed by atoms with Gasteiger partial charge in [0.15, 0.2) is 0 Å². The average Bonchev–Trinajstić information content (AvgIpc) is 3.27. The zero-order valence-corrected chi connectivity index (χ0v) is 20.0. The molecule has 172 valence electrons. The molecule has 0 spiro atoms. The second-order valence-electron chi connectivity index (χ2n) is 8.45. The van der Waals surface area contributed by atoms with Crippen molar-refractivity contribution in [3.63, 3.8) is 0 Å². The van der Waals surface area contributed by atoms with Crippen LogP contribution in [-0.4, -0.2) is 33.2 Å². The Morgan fingerprint density at radius 1 is 1.15 bits per heavy atom. The predicted octanol–water partition coefficient (Wildman–Crippen LogP) is 5.54. The number of nitriles is 1. The molecule has 3 heterocycles. The summed E-state index contributed by atoms with van der Waals surface area (Å²) in [6.07, 6.45) is 12.8. The highest BCUT2D eigenvalue weighted by atomic mass is 16.5. The smallest absolute Gasteiger partial charge is 0.0948 e. The van der Waals surface area contributed by atoms with Gasteiger partial charge >= 0.3 is 0 Å². The van der Waals surface area contributed by atoms with Gasteiger partial charge in [-0.15, -0.1) is 0 Å². The molecule has 0 radical (unpaired) electrons. The van der Waals surface area contributed by atoms with E-state index in [4.69, 9.17) is 15.0 Å². The summed E-state index contributed by atoms with van der Waals surface area (Å²) in [6.45, 7) is 2.82. The van der Waals surface area contributed by atoms with Crippen LogP contribution in [0.3, 0.4) is 0 Å². The van der Waals surface area contributed by atoms with Gasteiger partial charge in [-0.1, -0.05) is 12.2 Å². The third-order valence-electron chi connectivity index (χ3n) is 5.96. The van der Waals surface area contributed by atoms with Crippen molar-refractivity contribution < 1.29 is 4.74 Å². The molecule has 4 rings (SSSR count). The molecule has 34 heavy (non-hydrogen) atoms. The molecule has 3 aromatic heterocycles. The molecule has 0 atom stereocenters. The Kier molecular flexibility index (Phi) is 7.46. The molecule has 6 nitrogen and oxygen atoms in total. The summed E-state index contributed by atoms with van der Waals surface area (Å²) in [5, 5.41) is 10.1. The van der Waals surface area contributed by atoms with Gasteiger partial charge in [0, 0.05) is 44.5 Å². The fourth-order valence-corrected chi connectivity index (χ4v) is 4.10. The fourth-order valence-electron chi connectivity index (χ4n) is 4.10. The summed E-state index contributed by atoms with van der Waals surface area (Å²) in [4.78, 5) is 13.7. The van der Waals surface area contributed by atoms with E-state index in [0.29, 0.717) is 6.42 Å². The lowest BCUT2D eigenvalue weighted by molar-refractivity contribution is 0.195. The van der Waals surface area contributed by atoms with E-state index in [1.165, 1.54) is 5.56 Å². The van der Waals surface area contributed by atoms with E-state index in [1.54, 1.807) is 13.4 Å². The number of methoxy groups -OCH3 is 1. The number of benzene rings is 1. The van der Waals surface area contributed by atoms with Crippen LogP contribution < -0.4 is 0 Å². The Morgan fingerprint density at radius 3 is 2.79 bits per heavy atom. The molecule has 0 aliphatic rings. The standard InChI is InChI=1S/C28H29N5O/c1-20-14-26-25(16-22(20)6-4-11-29)23(17-27(32-26)28-18-30-19-33(28)2)9-8-21-10-12-31-24(15-21)7-5-13-34-3/h8-10,12,14-19H,4-7,13H2,1-3H3. The number of hydrogen-bond donors (Lipinski definition) is 0. The molecule has 0 aliphatic heterocycles. The molecule has 1 aromatic carbocycles. The first kappa shape index (κ1) is 23.3. The van der Waals surface area contributed by atoms with E-state index < -0.39 is 0 Å². The average molecular weight is 452 g/mol. The highest BCUT2D eigenvalue weighted by Gasteiger charge is 2.11. The third-order valence-corrected chi connectivity index (χ3v) is 5.96. The van der Waals surface area contributed by atoms with Gasteiger partial charge in [0.25, 0.3) is 0 Å². The molecule has 0 fully saturated rings. The number of pyridine rings is 2. The van der Waals surface area contributed by atoms with E-state index in [-0.39, 0.29) is 0 Å². The Hall–Kier alpha value is -3.82. The summed E-state index contributed by atoms with van der Waals surface area (Å²) in [7, 11) is 3.70. The zero-order valence-electron chi connectivity index (χ0n) is 20.0. The third kappa shape index (κ3) is 5.38. The van der Waals surface area contributed by atoms with Crippen molar-refractivity contribution in [2.45, 2.75) is 32.6 Å². The number of aryl methyl sites for hydroxylation is 4. The fraction of sp³-hybridized carbons (Fsp3) is 0.286. The number of imidazole rings is 1. The summed E-state index contributed by atoms with van der Waals surface area (Å²) < 4.78 is 7.14. The van der Waals surface area contributed by atoms with Crippen LogP contribution in [0.4, 0.5) is 0 Å². The number of rotatable bonds is 9. The molecular weight excluding hydrogens is 422 g/mol. The number of aromatic nitrogens is 4. The van der Waals surface area contributed by atoms with Gasteiger partial charge in [0.2, 0.25) is 0 Å². The molecule has 0 amide bonds. The van der Waals surface area contributed by atoms with Gasteiger partial charge < -0.3 is 9.30 Å². The Morgan fingerprint density at radius 2 is 2.03 bits per heavy atom. The van der Waals surface area contributed by atoms with Crippen molar-refractivity contribution in [3.05, 3.63) is 77.0 Å². The van der Waals surface area contributed by atoms with Crippen LogP contribution in [-0.2, 0) is 24.6 Å². The topological polar surface area (TPSA) is 76.6 Å². The molecule has 0 saturated carbocycles. The van der Waals surface area contributed by atoms with E-state index >= 15 is 0 Å². The maximum atomic E-state index is 9.06. The van der Waals surface area contributed by atoms with Gasteiger partial charge in [-0.05, 0) is 78.8 Å². The molecule has 0 bridgehead atoms. The second-order valence-corrected chi connectivity index (χ2v) is 8.45. The van der Waals surface area contributed by atoms with Crippen LogP contribution in [0.2, 0.25) is 0 Å². The lowest BCUT2D eigenvalue weighted by Crippen LogP contribution is -1.97. The summed E-state index contributed by atoms with van der Waals surface area (Å²) >= 11 is 0. The lowest BCUT2D eigenvalue weighted by atomic mass is 9.97. The minimum Gasteiger partial charge on any atom is -0.385 e. The lowest BCUT2D eigenvalue weighted by Gasteiger charge is -2.12. The molecular formula is C28H29N5O. The van der Waals surface area contributed by atoms with E-state index in [1.807, 2.05) is 30.1 Å². The molecule has 0 saturated heterocycles. The van der Waals surface area contributed by atoms with Gasteiger partial charge in [-0.3, -0.25) is 4.98 Å². The van der Waals surface area contributed by atoms with E-state index in [0.717, 1.165) is 70.5 Å². The van der Waals surface area contributed by atoms with Crippen molar-refractivity contribution in [3.8, 4) is 17.5 Å². The van der Waals surface area contributed by atoms with Crippen molar-refractivity contribution >= 4 is 23.1 Å². The van der Waals surface area contributed by atoms with E-state index in [2.05, 4.69) is 59.4 Å². The summed E-state index contributed by atoms with van der Waals surface area (Å²) in [6, 6.07) is 12.8. The zero-order chi connectivity index (χ0) is 23.9. The van der Waals surface area contributed by atoms with Crippen LogP contribution in [0.15, 0.2) is 49.1 Å². The maximum Gasteiger partial charge on any atom is 0.0948 e. The summed E-state index contributed by atoms with van der Waals surface area (Å²) in [5.41, 5.74) is 8.36. The monoisotopic (exact) mass is 451 g/mol. The molecule has 4 aromatic rings. The van der Waals surface area contributed by atoms with Crippen LogP contribution in [0.1, 0.15) is 40.8 Å². The Balaban J connectivity index is 1.77. The molecule has 0 N–H and O–H groups in total. The van der Waals surface area contributed by atoms with Crippen molar-refractivity contribution in [2.75, 3.05) is 13.7 Å². The number of nitrogens with zero attached hydrogens (tertiary/aromatic N) is 5.